The van der Waals surface area contributed by atoms with Crippen molar-refractivity contribution in [3.63, 3.8) is 0 Å². The SMILES string of the molecule is C/C=C(/c1cccc(OC)c1)[C@@H](C)CN(C)C. The number of hydrogen-bond donors (Lipinski definition) is 0. The van der Waals surface area contributed by atoms with E-state index in [2.05, 4.69) is 51.1 Å². The Morgan fingerprint density at radius 3 is 2.65 bits per heavy atom. The van der Waals surface area contributed by atoms with Crippen LogP contribution in [0, 0.1) is 5.92 Å². The highest BCUT2D eigenvalue weighted by Gasteiger charge is 2.11. The minimum absolute atomic E-state index is 0.516. The number of rotatable bonds is 5. The second-order valence-corrected chi connectivity index (χ2v) is 4.64. The Kier molecular flexibility index (Phi) is 5.23. The van der Waals surface area contributed by atoms with Crippen molar-refractivity contribution in [1.29, 1.82) is 0 Å². The fraction of sp³-hybridized carbons (Fsp3) is 0.467. The minimum atomic E-state index is 0.516. The summed E-state index contributed by atoms with van der Waals surface area (Å²) in [7, 11) is 5.92. The van der Waals surface area contributed by atoms with Crippen LogP contribution >= 0.6 is 0 Å². The molecule has 2 nitrogen and oxygen atoms in total. The molecule has 17 heavy (non-hydrogen) atoms. The normalized spacial score (nSPS) is 13.9. The van der Waals surface area contributed by atoms with Gasteiger partial charge in [-0.15, -0.1) is 0 Å². The highest BCUT2D eigenvalue weighted by atomic mass is 16.5. The Balaban J connectivity index is 2.93. The van der Waals surface area contributed by atoms with Crippen LogP contribution in [0.15, 0.2) is 30.3 Å². The van der Waals surface area contributed by atoms with Crippen LogP contribution in [0.4, 0.5) is 0 Å². The summed E-state index contributed by atoms with van der Waals surface area (Å²) in [6.07, 6.45) is 2.20. The first-order chi connectivity index (χ1) is 8.08. The lowest BCUT2D eigenvalue weighted by Gasteiger charge is -2.20. The quantitative estimate of drug-likeness (QED) is 0.773. The van der Waals surface area contributed by atoms with Crippen molar-refractivity contribution in [2.75, 3.05) is 27.7 Å². The Labute approximate surface area is 105 Å². The molecule has 0 aliphatic rings. The Bertz CT molecular complexity index is 382. The highest BCUT2D eigenvalue weighted by Crippen LogP contribution is 2.26. The van der Waals surface area contributed by atoms with Gasteiger partial charge in [-0.25, -0.2) is 0 Å². The van der Waals surface area contributed by atoms with Gasteiger partial charge in [0.25, 0.3) is 0 Å². The van der Waals surface area contributed by atoms with E-state index in [-0.39, 0.29) is 0 Å². The summed E-state index contributed by atoms with van der Waals surface area (Å²) >= 11 is 0. The zero-order valence-corrected chi connectivity index (χ0v) is 11.5. The second-order valence-electron chi connectivity index (χ2n) is 4.64. The molecule has 1 aromatic rings. The number of nitrogens with zero attached hydrogens (tertiary/aromatic N) is 1. The van der Waals surface area contributed by atoms with Crippen LogP contribution < -0.4 is 4.74 Å². The standard InChI is InChI=1S/C15H23NO/c1-6-15(12(2)11-16(3)4)13-8-7-9-14(10-13)17-5/h6-10,12H,11H2,1-5H3/b15-6+/t12-/m0/s1. The molecule has 0 N–H and O–H groups in total. The van der Waals surface area contributed by atoms with E-state index in [0.717, 1.165) is 12.3 Å². The summed E-state index contributed by atoms with van der Waals surface area (Å²) < 4.78 is 5.27. The van der Waals surface area contributed by atoms with Crippen LogP contribution in [0.3, 0.4) is 0 Å². The summed E-state index contributed by atoms with van der Waals surface area (Å²) in [5.41, 5.74) is 2.62. The van der Waals surface area contributed by atoms with E-state index in [4.69, 9.17) is 4.74 Å². The third kappa shape index (κ3) is 3.90. The lowest BCUT2D eigenvalue weighted by Crippen LogP contribution is -2.20. The molecule has 0 radical (unpaired) electrons. The number of benzene rings is 1. The maximum atomic E-state index is 5.27. The van der Waals surface area contributed by atoms with Gasteiger partial charge in [0.1, 0.15) is 5.75 Å². The first-order valence-electron chi connectivity index (χ1n) is 6.03. The molecule has 1 rings (SSSR count). The lowest BCUT2D eigenvalue weighted by atomic mass is 9.93. The smallest absolute Gasteiger partial charge is 0.119 e. The van der Waals surface area contributed by atoms with Gasteiger partial charge >= 0.3 is 0 Å². The van der Waals surface area contributed by atoms with E-state index in [1.807, 2.05) is 12.1 Å². The first kappa shape index (κ1) is 13.8. The molecule has 94 valence electrons. The predicted octanol–water partition coefficient (Wildman–Crippen LogP) is 3.30. The molecule has 0 bridgehead atoms. The van der Waals surface area contributed by atoms with E-state index >= 15 is 0 Å². The van der Waals surface area contributed by atoms with Crippen LogP contribution in [0.25, 0.3) is 5.57 Å². The van der Waals surface area contributed by atoms with Crippen LogP contribution in [0.2, 0.25) is 0 Å². The minimum Gasteiger partial charge on any atom is -0.497 e. The van der Waals surface area contributed by atoms with Crippen LogP contribution in [-0.2, 0) is 0 Å². The maximum absolute atomic E-state index is 5.27. The van der Waals surface area contributed by atoms with Gasteiger partial charge in [-0.05, 0) is 50.2 Å². The Morgan fingerprint density at radius 2 is 2.12 bits per heavy atom. The van der Waals surface area contributed by atoms with Crippen LogP contribution in [0.1, 0.15) is 19.4 Å². The van der Waals surface area contributed by atoms with E-state index in [1.54, 1.807) is 7.11 Å². The lowest BCUT2D eigenvalue weighted by molar-refractivity contribution is 0.375. The van der Waals surface area contributed by atoms with Crippen LogP contribution in [-0.4, -0.2) is 32.6 Å². The zero-order chi connectivity index (χ0) is 12.8. The van der Waals surface area contributed by atoms with Gasteiger partial charge < -0.3 is 9.64 Å². The summed E-state index contributed by atoms with van der Waals surface area (Å²) in [6.45, 7) is 5.41. The molecular weight excluding hydrogens is 210 g/mol. The highest BCUT2D eigenvalue weighted by molar-refractivity contribution is 5.68. The van der Waals surface area contributed by atoms with E-state index in [0.29, 0.717) is 5.92 Å². The molecule has 2 heteroatoms. The van der Waals surface area contributed by atoms with Crippen molar-refractivity contribution in [2.45, 2.75) is 13.8 Å². The predicted molar refractivity (Wildman–Crippen MR) is 74.4 cm³/mol. The van der Waals surface area contributed by atoms with Gasteiger partial charge in [-0.2, -0.15) is 0 Å². The van der Waals surface area contributed by atoms with Gasteiger partial charge in [0, 0.05) is 6.54 Å². The van der Waals surface area contributed by atoms with Gasteiger partial charge in [0.05, 0.1) is 7.11 Å². The van der Waals surface area contributed by atoms with Crippen molar-refractivity contribution in [3.8, 4) is 5.75 Å². The molecule has 0 amide bonds. The fourth-order valence-corrected chi connectivity index (χ4v) is 2.18. The van der Waals surface area contributed by atoms with E-state index < -0.39 is 0 Å². The molecule has 0 aliphatic carbocycles. The molecule has 0 heterocycles. The number of ether oxygens (including phenoxy) is 1. The summed E-state index contributed by atoms with van der Waals surface area (Å²) in [4.78, 5) is 2.22. The van der Waals surface area contributed by atoms with Crippen LogP contribution in [0.5, 0.6) is 5.75 Å². The largest absolute Gasteiger partial charge is 0.497 e. The number of hydrogen-bond acceptors (Lipinski definition) is 2. The summed E-state index contributed by atoms with van der Waals surface area (Å²) in [5, 5.41) is 0. The molecule has 1 atom stereocenters. The fourth-order valence-electron chi connectivity index (χ4n) is 2.18. The van der Waals surface area contributed by atoms with Gasteiger partial charge in [0.2, 0.25) is 0 Å². The van der Waals surface area contributed by atoms with Gasteiger partial charge in [-0.3, -0.25) is 0 Å². The van der Waals surface area contributed by atoms with E-state index in [1.165, 1.54) is 11.1 Å². The van der Waals surface area contributed by atoms with Crippen molar-refractivity contribution in [2.24, 2.45) is 5.92 Å². The molecule has 0 fully saturated rings. The van der Waals surface area contributed by atoms with Crippen molar-refractivity contribution < 1.29 is 4.74 Å². The monoisotopic (exact) mass is 233 g/mol. The molecular formula is C15H23NO. The molecule has 0 saturated carbocycles. The Hall–Kier alpha value is -1.28. The zero-order valence-electron chi connectivity index (χ0n) is 11.5. The average Bonchev–Trinajstić information content (AvgIpc) is 2.29. The molecule has 0 spiro atoms. The number of methoxy groups -OCH3 is 1. The van der Waals surface area contributed by atoms with Gasteiger partial charge in [-0.1, -0.05) is 25.1 Å². The van der Waals surface area contributed by atoms with E-state index in [9.17, 15) is 0 Å². The average molecular weight is 233 g/mol. The second kappa shape index (κ2) is 6.45. The van der Waals surface area contributed by atoms with Gasteiger partial charge in [0.15, 0.2) is 0 Å². The Morgan fingerprint density at radius 1 is 1.41 bits per heavy atom. The van der Waals surface area contributed by atoms with Crippen molar-refractivity contribution >= 4 is 5.57 Å². The third-order valence-electron chi connectivity index (χ3n) is 2.88. The maximum Gasteiger partial charge on any atom is 0.119 e. The first-order valence-corrected chi connectivity index (χ1v) is 6.03. The topological polar surface area (TPSA) is 12.5 Å². The molecule has 0 aromatic heterocycles. The molecule has 0 saturated heterocycles. The van der Waals surface area contributed by atoms with Crippen molar-refractivity contribution in [1.82, 2.24) is 4.90 Å². The molecule has 1 aromatic carbocycles. The molecule has 0 unspecified atom stereocenters. The summed E-state index contributed by atoms with van der Waals surface area (Å²) in [6, 6.07) is 8.26. The van der Waals surface area contributed by atoms with Crippen molar-refractivity contribution in [3.05, 3.63) is 35.9 Å². The third-order valence-corrected chi connectivity index (χ3v) is 2.88. The molecule has 0 aliphatic heterocycles. The number of allylic oxidation sites excluding steroid dienone is 1. The summed E-state index contributed by atoms with van der Waals surface area (Å²) in [5.74, 6) is 1.43.